The first-order valence-corrected chi connectivity index (χ1v) is 26.7. The molecule has 2 saturated carbocycles. The van der Waals surface area contributed by atoms with Crippen molar-refractivity contribution >= 4 is 67.2 Å². The maximum absolute atomic E-state index is 6.16. The van der Waals surface area contributed by atoms with Crippen LogP contribution in [0.4, 0.5) is 0 Å². The van der Waals surface area contributed by atoms with E-state index in [4.69, 9.17) is 10.2 Å². The largest absolute Gasteiger partial charge is 0.252 e. The second kappa shape index (κ2) is 12.2. The van der Waals surface area contributed by atoms with E-state index in [1.807, 2.05) is 0 Å². The second-order valence-corrected chi connectivity index (χ2v) is 27.0. The molecule has 346 valence electrons. The monoisotopic (exact) mass is 903 g/mol. The van der Waals surface area contributed by atoms with Crippen molar-refractivity contribution in [1.29, 1.82) is 0 Å². The third-order valence-electron chi connectivity index (χ3n) is 20.5. The van der Waals surface area contributed by atoms with Gasteiger partial charge in [0.15, 0.2) is 0 Å². The van der Waals surface area contributed by atoms with Crippen molar-refractivity contribution in [2.75, 3.05) is 0 Å². The average molecular weight is 903 g/mol. The third kappa shape index (κ3) is 4.64. The molecule has 5 heteroatoms. The molecule has 0 saturated heterocycles. The smallest absolute Gasteiger partial charge is 0.233 e. The van der Waals surface area contributed by atoms with E-state index in [-0.39, 0.29) is 39.2 Å². The zero-order valence-electron chi connectivity index (χ0n) is 43.7. The highest BCUT2D eigenvalue weighted by Gasteiger charge is 2.59. The third-order valence-corrected chi connectivity index (χ3v) is 20.5. The Morgan fingerprint density at radius 1 is 0.464 bits per heavy atom. The Labute approximate surface area is 409 Å². The molecule has 2 aromatic heterocycles. The lowest BCUT2D eigenvalue weighted by Crippen LogP contribution is -2.60. The average Bonchev–Trinajstić information content (AvgIpc) is 4.05. The van der Waals surface area contributed by atoms with Crippen molar-refractivity contribution in [1.82, 2.24) is 19.6 Å². The summed E-state index contributed by atoms with van der Waals surface area (Å²) in [6, 6.07) is 21.9. The van der Waals surface area contributed by atoms with E-state index in [1.165, 1.54) is 179 Å². The number of nitrogens with zero attached hydrogens (tertiary/aromatic N) is 4. The van der Waals surface area contributed by atoms with Crippen molar-refractivity contribution in [3.8, 4) is 33.6 Å². The molecule has 2 fully saturated rings. The fraction of sp³-hybridized carbons (Fsp3) is 0.438. The topological polar surface area (TPSA) is 35.6 Å². The van der Waals surface area contributed by atoms with Crippen LogP contribution in [0.5, 0.6) is 0 Å². The van der Waals surface area contributed by atoms with Crippen LogP contribution in [0, 0.1) is 49.4 Å². The molecule has 0 unspecified atom stereocenters. The Morgan fingerprint density at radius 3 is 1.13 bits per heavy atom. The molecular formula is C64H67BN4. The van der Waals surface area contributed by atoms with Gasteiger partial charge in [-0.2, -0.15) is 10.2 Å². The molecule has 4 bridgehead atoms. The molecule has 4 nitrogen and oxygen atoms in total. The van der Waals surface area contributed by atoms with Crippen molar-refractivity contribution < 1.29 is 0 Å². The first-order chi connectivity index (χ1) is 32.6. The number of aromatic nitrogens is 4. The van der Waals surface area contributed by atoms with E-state index in [2.05, 4.69) is 161 Å². The molecule has 0 amide bonds. The normalized spacial score (nSPS) is 26.3. The van der Waals surface area contributed by atoms with Crippen LogP contribution in [0.1, 0.15) is 176 Å². The van der Waals surface area contributed by atoms with Crippen LogP contribution >= 0.6 is 0 Å². The van der Waals surface area contributed by atoms with Gasteiger partial charge in [0.2, 0.25) is 0 Å². The number of fused-ring (bicyclic) bond motifs is 8. The Hall–Kier alpha value is -5.42. The van der Waals surface area contributed by atoms with Gasteiger partial charge < -0.3 is 0 Å². The number of hydrogen-bond acceptors (Lipinski definition) is 2. The van der Waals surface area contributed by atoms with Crippen molar-refractivity contribution in [2.45, 2.75) is 159 Å². The molecule has 5 aromatic carbocycles. The number of benzene rings is 5. The number of rotatable bonds is 2. The summed E-state index contributed by atoms with van der Waals surface area (Å²) in [5.74, 6) is 0. The summed E-state index contributed by atoms with van der Waals surface area (Å²) in [7, 11) is 0. The minimum atomic E-state index is -0.0855. The number of allylic oxidation sites excluding steroid dienone is 4. The molecule has 2 aliphatic heterocycles. The summed E-state index contributed by atoms with van der Waals surface area (Å²) in [5, 5.41) is 15.2. The number of aryl methyl sites for hydroxylation is 4. The van der Waals surface area contributed by atoms with Gasteiger partial charge in [-0.3, -0.25) is 0 Å². The molecule has 69 heavy (non-hydrogen) atoms. The number of hydrogen-bond donors (Lipinski definition) is 0. The summed E-state index contributed by atoms with van der Waals surface area (Å²) in [6.45, 7) is 34.5. The first-order valence-electron chi connectivity index (χ1n) is 26.7. The van der Waals surface area contributed by atoms with Crippen LogP contribution in [0.15, 0.2) is 54.6 Å². The van der Waals surface area contributed by atoms with Gasteiger partial charge in [0, 0.05) is 21.9 Å². The molecule has 0 atom stereocenters. The van der Waals surface area contributed by atoms with Gasteiger partial charge in [-0.05, 0) is 212 Å². The van der Waals surface area contributed by atoms with E-state index >= 15 is 0 Å². The lowest BCUT2D eigenvalue weighted by molar-refractivity contribution is 0.176. The van der Waals surface area contributed by atoms with Crippen LogP contribution in [0.3, 0.4) is 0 Å². The summed E-state index contributed by atoms with van der Waals surface area (Å²) in [4.78, 5) is 0. The van der Waals surface area contributed by atoms with Crippen LogP contribution in [0.25, 0.3) is 77.7 Å². The van der Waals surface area contributed by atoms with E-state index in [1.54, 1.807) is 22.3 Å². The Morgan fingerprint density at radius 2 is 0.797 bits per heavy atom. The molecular weight excluding hydrogens is 836 g/mol. The molecule has 0 N–H and O–H groups in total. The maximum atomic E-state index is 6.16. The Kier molecular flexibility index (Phi) is 7.31. The highest BCUT2D eigenvalue weighted by molar-refractivity contribution is 7.00. The summed E-state index contributed by atoms with van der Waals surface area (Å²) < 4.78 is 5.03. The van der Waals surface area contributed by atoms with Gasteiger partial charge in [0.25, 0.3) is 6.71 Å². The van der Waals surface area contributed by atoms with Gasteiger partial charge in [0.1, 0.15) is 0 Å². The van der Waals surface area contributed by atoms with E-state index in [0.29, 0.717) is 0 Å². The molecule has 0 spiro atoms. The summed E-state index contributed by atoms with van der Waals surface area (Å²) >= 11 is 0. The molecule has 4 heterocycles. The van der Waals surface area contributed by atoms with Crippen molar-refractivity contribution in [2.24, 2.45) is 21.7 Å². The fourth-order valence-electron chi connectivity index (χ4n) is 16.8. The molecule has 0 radical (unpaired) electrons. The van der Waals surface area contributed by atoms with Crippen LogP contribution in [-0.4, -0.2) is 26.3 Å². The van der Waals surface area contributed by atoms with E-state index in [0.717, 1.165) is 0 Å². The van der Waals surface area contributed by atoms with Crippen LogP contribution < -0.4 is 16.4 Å². The van der Waals surface area contributed by atoms with Crippen molar-refractivity contribution in [3.05, 3.63) is 110 Å². The second-order valence-electron chi connectivity index (χ2n) is 27.0. The lowest BCUT2D eigenvalue weighted by atomic mass is 9.33. The van der Waals surface area contributed by atoms with Gasteiger partial charge in [-0.1, -0.05) is 118 Å². The van der Waals surface area contributed by atoms with E-state index in [9.17, 15) is 0 Å². The highest BCUT2D eigenvalue weighted by atomic mass is 15.3. The van der Waals surface area contributed by atoms with Gasteiger partial charge in [-0.15, -0.1) is 0 Å². The van der Waals surface area contributed by atoms with Gasteiger partial charge in [-0.25, -0.2) is 9.36 Å². The minimum absolute atomic E-state index is 0.0252. The lowest BCUT2D eigenvalue weighted by Gasteiger charge is -2.52. The van der Waals surface area contributed by atoms with Crippen LogP contribution in [0.2, 0.25) is 0 Å². The quantitative estimate of drug-likeness (QED) is 0.162. The summed E-state index contributed by atoms with van der Waals surface area (Å²) in [5.41, 5.74) is 35.3. The molecule has 10 aliphatic rings. The maximum Gasteiger partial charge on any atom is 0.252 e. The Balaban J connectivity index is 1.19. The zero-order valence-corrected chi connectivity index (χ0v) is 43.7. The Bertz CT molecular complexity index is 3450. The van der Waals surface area contributed by atoms with E-state index < -0.39 is 0 Å². The van der Waals surface area contributed by atoms with Crippen molar-refractivity contribution in [3.63, 3.8) is 0 Å². The zero-order chi connectivity index (χ0) is 47.8. The minimum Gasteiger partial charge on any atom is -0.233 e. The van der Waals surface area contributed by atoms with Gasteiger partial charge in [0.05, 0.1) is 33.8 Å². The molecule has 17 rings (SSSR count). The fourth-order valence-corrected chi connectivity index (χ4v) is 16.8. The first kappa shape index (κ1) is 41.4. The standard InChI is InChI=1S/C64H67BN4/c1-32-17-15-18-33(2)42(32)36-29-37(43-34(3)19-16-20-35(43)4)56-52-55(36)68-57-40(30-38(59(5,6)7)44-46(57)53(66-68)50-48(44)61(11)21-25-63(50,13)26-22-61)65(52)41-31-39(60(8,9)10)45-47-54(67-69(56)58(41)47)51-49(45)62(12)23-27-64(51,14)28-24-62/h15-20,29-31H,21-28H2,1-14H3. The molecule has 7 aromatic rings. The predicted molar refractivity (Wildman–Crippen MR) is 291 cm³/mol. The SMILES string of the molecule is Cc1cccc(C)c1-c1cc(-c2c(C)cccc2C)c2c3c1-n1nc4c5c(c(C(C)(C)C)cc(c51)B3c1cc(C(C)(C)C)c3c5c(nn-2c15)C1=C3C2(C)CCC1(C)CC2)C1=C4C2(C)CCC1(C)CC2. The highest BCUT2D eigenvalue weighted by Crippen LogP contribution is 2.71. The summed E-state index contributed by atoms with van der Waals surface area (Å²) in [6.07, 6.45) is 9.97. The molecule has 8 aliphatic carbocycles. The van der Waals surface area contributed by atoms with Gasteiger partial charge >= 0.3 is 0 Å². The predicted octanol–water partition coefficient (Wildman–Crippen LogP) is 14.3. The van der Waals surface area contributed by atoms with Crippen LogP contribution in [-0.2, 0) is 10.8 Å².